The zero-order valence-corrected chi connectivity index (χ0v) is 19.8. The number of hydrogen-bond donors (Lipinski definition) is 2. The lowest BCUT2D eigenvalue weighted by Gasteiger charge is -2.31. The molecule has 0 spiro atoms. The van der Waals surface area contributed by atoms with E-state index >= 15 is 0 Å². The molecule has 0 radical (unpaired) electrons. The van der Waals surface area contributed by atoms with Crippen LogP contribution in [0.1, 0.15) is 18.4 Å². The molecule has 1 aliphatic heterocycles. The average molecular weight is 569 g/mol. The van der Waals surface area contributed by atoms with E-state index in [-0.39, 0.29) is 43.0 Å². The highest BCUT2D eigenvalue weighted by molar-refractivity contribution is 14.0. The topological polar surface area (TPSA) is 73.8 Å². The van der Waals surface area contributed by atoms with E-state index in [1.54, 1.807) is 7.05 Å². The van der Waals surface area contributed by atoms with Gasteiger partial charge in [0.05, 0.1) is 0 Å². The normalized spacial score (nSPS) is 16.9. The lowest BCUT2D eigenvalue weighted by molar-refractivity contribution is -0.0496. The number of alkyl halides is 3. The van der Waals surface area contributed by atoms with Gasteiger partial charge in [-0.3, -0.25) is 4.99 Å². The van der Waals surface area contributed by atoms with Gasteiger partial charge in [-0.2, -0.15) is 17.5 Å². The highest BCUT2D eigenvalue weighted by atomic mass is 127. The Hall–Kier alpha value is -0.790. The molecule has 2 N–H and O–H groups in total. The van der Waals surface area contributed by atoms with Crippen molar-refractivity contribution in [3.8, 4) is 0 Å². The second-order valence-electron chi connectivity index (χ2n) is 6.51. The van der Waals surface area contributed by atoms with Crippen LogP contribution in [0, 0.1) is 5.92 Å². The summed E-state index contributed by atoms with van der Waals surface area (Å²) in [4.78, 5) is 4.12. The van der Waals surface area contributed by atoms with Gasteiger partial charge in [-0.25, -0.2) is 8.42 Å². The molecular formula is C17H25ClF3IN4O2S. The van der Waals surface area contributed by atoms with E-state index in [0.29, 0.717) is 47.6 Å². The maximum absolute atomic E-state index is 12.6. The first-order chi connectivity index (χ1) is 13.1. The van der Waals surface area contributed by atoms with Crippen LogP contribution >= 0.6 is 35.6 Å². The number of guanidine groups is 1. The minimum atomic E-state index is -5.24. The molecule has 29 heavy (non-hydrogen) atoms. The van der Waals surface area contributed by atoms with Crippen molar-refractivity contribution in [2.75, 3.05) is 33.2 Å². The van der Waals surface area contributed by atoms with Gasteiger partial charge in [-0.05, 0) is 36.8 Å². The van der Waals surface area contributed by atoms with E-state index in [1.165, 1.54) is 0 Å². The fourth-order valence-corrected chi connectivity index (χ4v) is 4.19. The van der Waals surface area contributed by atoms with Crippen LogP contribution in [0.25, 0.3) is 0 Å². The van der Waals surface area contributed by atoms with E-state index < -0.39 is 15.5 Å². The van der Waals surface area contributed by atoms with E-state index in [2.05, 4.69) is 15.6 Å². The molecule has 166 valence electrons. The largest absolute Gasteiger partial charge is 0.511 e. The molecule has 12 heteroatoms. The lowest BCUT2D eigenvalue weighted by atomic mass is 9.98. The summed E-state index contributed by atoms with van der Waals surface area (Å²) >= 11 is 6.12. The number of nitrogens with one attached hydrogen (secondary N) is 2. The maximum Gasteiger partial charge on any atom is 0.511 e. The summed E-state index contributed by atoms with van der Waals surface area (Å²) in [5.41, 5.74) is -4.23. The van der Waals surface area contributed by atoms with Gasteiger partial charge in [0.2, 0.25) is 0 Å². The van der Waals surface area contributed by atoms with E-state index in [4.69, 9.17) is 11.6 Å². The molecule has 1 fully saturated rings. The number of rotatable bonds is 6. The quantitative estimate of drug-likeness (QED) is 0.314. The Bertz CT molecular complexity index is 785. The van der Waals surface area contributed by atoms with Crippen LogP contribution in [0.4, 0.5) is 13.2 Å². The minimum absolute atomic E-state index is 0. The van der Waals surface area contributed by atoms with E-state index in [0.717, 1.165) is 5.56 Å². The molecule has 1 aromatic carbocycles. The second kappa shape index (κ2) is 11.6. The number of piperidine rings is 1. The molecule has 6 nitrogen and oxygen atoms in total. The molecule has 0 atom stereocenters. The van der Waals surface area contributed by atoms with Gasteiger partial charge in [0, 0.05) is 38.2 Å². The maximum atomic E-state index is 12.6. The van der Waals surface area contributed by atoms with Crippen LogP contribution in [0.2, 0.25) is 5.02 Å². The zero-order chi connectivity index (χ0) is 20.8. The molecule has 1 aromatic rings. The molecule has 0 saturated carbocycles. The summed E-state index contributed by atoms with van der Waals surface area (Å²) in [6.45, 7) is 0.858. The highest BCUT2D eigenvalue weighted by Crippen LogP contribution is 2.30. The smallest absolute Gasteiger partial charge is 0.356 e. The van der Waals surface area contributed by atoms with Crippen LogP contribution in [-0.4, -0.2) is 57.4 Å². The minimum Gasteiger partial charge on any atom is -0.356 e. The first-order valence-corrected chi connectivity index (χ1v) is 10.7. The lowest BCUT2D eigenvalue weighted by Crippen LogP contribution is -2.47. The summed E-state index contributed by atoms with van der Waals surface area (Å²) < 4.78 is 61.2. The van der Waals surface area contributed by atoms with Crippen molar-refractivity contribution in [2.45, 2.75) is 24.8 Å². The third-order valence-corrected chi connectivity index (χ3v) is 6.63. The van der Waals surface area contributed by atoms with Crippen molar-refractivity contribution in [1.82, 2.24) is 14.9 Å². The number of halogens is 5. The molecule has 1 saturated heterocycles. The van der Waals surface area contributed by atoms with Gasteiger partial charge < -0.3 is 10.6 Å². The zero-order valence-electron chi connectivity index (χ0n) is 15.9. The van der Waals surface area contributed by atoms with E-state index in [1.807, 2.05) is 24.3 Å². The van der Waals surface area contributed by atoms with Crippen LogP contribution in [-0.2, 0) is 16.4 Å². The molecule has 0 amide bonds. The molecule has 1 aliphatic rings. The molecule has 0 unspecified atom stereocenters. The number of hydrogen-bond acceptors (Lipinski definition) is 3. The Morgan fingerprint density at radius 3 is 2.41 bits per heavy atom. The summed E-state index contributed by atoms with van der Waals surface area (Å²) in [6.07, 6.45) is 1.44. The van der Waals surface area contributed by atoms with Gasteiger partial charge in [-0.15, -0.1) is 24.0 Å². The van der Waals surface area contributed by atoms with Gasteiger partial charge >= 0.3 is 15.5 Å². The molecule has 0 bridgehead atoms. The number of aliphatic imine (C=N–C) groups is 1. The van der Waals surface area contributed by atoms with Crippen molar-refractivity contribution in [3.63, 3.8) is 0 Å². The molecule has 1 heterocycles. The predicted molar refractivity (Wildman–Crippen MR) is 119 cm³/mol. The monoisotopic (exact) mass is 568 g/mol. The third kappa shape index (κ3) is 7.44. The second-order valence-corrected chi connectivity index (χ2v) is 8.85. The van der Waals surface area contributed by atoms with Gasteiger partial charge in [0.15, 0.2) is 5.96 Å². The van der Waals surface area contributed by atoms with Gasteiger partial charge in [0.1, 0.15) is 0 Å². The fourth-order valence-electron chi connectivity index (χ4n) is 2.98. The summed E-state index contributed by atoms with van der Waals surface area (Å²) in [5.74, 6) is 0.652. The third-order valence-electron chi connectivity index (χ3n) is 4.63. The van der Waals surface area contributed by atoms with Gasteiger partial charge in [0.25, 0.3) is 0 Å². The molecule has 0 aliphatic carbocycles. The van der Waals surface area contributed by atoms with Gasteiger partial charge in [-0.1, -0.05) is 29.8 Å². The predicted octanol–water partition coefficient (Wildman–Crippen LogP) is 3.23. The Kier molecular flexibility index (Phi) is 10.5. The van der Waals surface area contributed by atoms with Crippen molar-refractivity contribution in [1.29, 1.82) is 0 Å². The van der Waals surface area contributed by atoms with Crippen LogP contribution in [0.5, 0.6) is 0 Å². The Balaban J connectivity index is 0.00000420. The first-order valence-electron chi connectivity index (χ1n) is 8.89. The SMILES string of the molecule is CN=C(NCCc1ccccc1Cl)NCC1CCN(S(=O)(=O)C(F)(F)F)CC1.I. The summed E-state index contributed by atoms with van der Waals surface area (Å²) in [6, 6.07) is 7.56. The van der Waals surface area contributed by atoms with Crippen LogP contribution in [0.3, 0.4) is 0 Å². The Labute approximate surface area is 191 Å². The average Bonchev–Trinajstić information content (AvgIpc) is 2.65. The van der Waals surface area contributed by atoms with Crippen molar-refractivity contribution < 1.29 is 21.6 Å². The van der Waals surface area contributed by atoms with Crippen molar-refractivity contribution >= 4 is 51.6 Å². The van der Waals surface area contributed by atoms with Crippen LogP contribution in [0.15, 0.2) is 29.3 Å². The number of sulfonamides is 1. The first kappa shape index (κ1) is 26.2. The van der Waals surface area contributed by atoms with Crippen molar-refractivity contribution in [3.05, 3.63) is 34.9 Å². The standard InChI is InChI=1S/C17H24ClF3N4O2S.HI/c1-22-16(23-9-6-14-4-2-3-5-15(14)18)24-12-13-7-10-25(11-8-13)28(26,27)17(19,20)21;/h2-5,13H,6-12H2,1H3,(H2,22,23,24);1H. The number of benzene rings is 1. The Morgan fingerprint density at radius 1 is 1.24 bits per heavy atom. The Morgan fingerprint density at radius 2 is 1.86 bits per heavy atom. The fraction of sp³-hybridized carbons (Fsp3) is 0.588. The number of nitrogens with zero attached hydrogens (tertiary/aromatic N) is 2. The molecule has 0 aromatic heterocycles. The molecule has 2 rings (SSSR count). The van der Waals surface area contributed by atoms with Crippen molar-refractivity contribution in [2.24, 2.45) is 10.9 Å². The van der Waals surface area contributed by atoms with E-state index in [9.17, 15) is 21.6 Å². The molecular weight excluding hydrogens is 544 g/mol. The summed E-state index contributed by atoms with van der Waals surface area (Å²) in [5, 5.41) is 7.00. The summed E-state index contributed by atoms with van der Waals surface area (Å²) in [7, 11) is -3.61. The van der Waals surface area contributed by atoms with Crippen LogP contribution < -0.4 is 10.6 Å². The highest BCUT2D eigenvalue weighted by Gasteiger charge is 2.50.